The van der Waals surface area contributed by atoms with E-state index in [1.165, 1.54) is 24.4 Å². The number of benzene rings is 2. The van der Waals surface area contributed by atoms with Crippen LogP contribution in [0.5, 0.6) is 0 Å². The number of carbonyl (C=O) groups is 3. The molecule has 2 amide bonds. The Morgan fingerprint density at radius 3 is 2.49 bits per heavy atom. The number of hydrogen-bond donors (Lipinski definition) is 3. The lowest BCUT2D eigenvalue weighted by atomic mass is 10.0. The molecule has 3 N–H and O–H groups in total. The van der Waals surface area contributed by atoms with Crippen molar-refractivity contribution in [2.75, 3.05) is 5.32 Å². The second-order valence-corrected chi connectivity index (χ2v) is 10.9. The Kier molecular flexibility index (Phi) is 8.65. The number of aromatic nitrogens is 5. The standard InChI is InChI=1S/C31H28FN7O6/c1-31(2,3)44-30(43)35-21-8-5-19(6-9-21)28-37-26(38-45-28)22-10-4-18(14-23(22)32)15-24(29(41)42)36-27(40)20-7-11-25(34-16-20)39-13-12-33-17-39/h4-14,16-17,24H,15H2,1-3H3,(H,35,43)(H,36,40)(H,41,42). The Labute approximate surface area is 256 Å². The number of carbonyl (C=O) groups excluding carboxylic acids is 2. The number of amides is 2. The first kappa shape index (κ1) is 30.5. The van der Waals surface area contributed by atoms with E-state index in [1.54, 1.807) is 74.4 Å². The number of nitrogens with one attached hydrogen (secondary N) is 2. The van der Waals surface area contributed by atoms with Crippen molar-refractivity contribution in [1.82, 2.24) is 30.0 Å². The van der Waals surface area contributed by atoms with E-state index in [2.05, 4.69) is 30.7 Å². The van der Waals surface area contributed by atoms with Crippen LogP contribution in [-0.2, 0) is 16.0 Å². The van der Waals surface area contributed by atoms with Crippen LogP contribution in [0.1, 0.15) is 36.7 Å². The zero-order valence-electron chi connectivity index (χ0n) is 24.4. The Balaban J connectivity index is 1.23. The summed E-state index contributed by atoms with van der Waals surface area (Å²) in [5.41, 5.74) is 0.913. The highest BCUT2D eigenvalue weighted by Crippen LogP contribution is 2.26. The number of rotatable bonds is 9. The van der Waals surface area contributed by atoms with Gasteiger partial charge < -0.3 is 19.7 Å². The molecule has 0 spiro atoms. The molecular weight excluding hydrogens is 585 g/mol. The molecule has 2 aromatic carbocycles. The van der Waals surface area contributed by atoms with Gasteiger partial charge in [0, 0.05) is 36.3 Å². The Morgan fingerprint density at radius 2 is 1.87 bits per heavy atom. The van der Waals surface area contributed by atoms with Crippen molar-refractivity contribution in [2.24, 2.45) is 0 Å². The summed E-state index contributed by atoms with van der Waals surface area (Å²) in [6.07, 6.45) is 5.38. The molecule has 5 rings (SSSR count). The Morgan fingerprint density at radius 1 is 1.09 bits per heavy atom. The van der Waals surface area contributed by atoms with Crippen LogP contribution < -0.4 is 10.6 Å². The normalized spacial score (nSPS) is 11.9. The predicted octanol–water partition coefficient (Wildman–Crippen LogP) is 4.90. The molecule has 0 saturated carbocycles. The van der Waals surface area contributed by atoms with Gasteiger partial charge in [-0.1, -0.05) is 11.2 Å². The maximum absolute atomic E-state index is 15.1. The van der Waals surface area contributed by atoms with Crippen LogP contribution in [0, 0.1) is 5.82 Å². The summed E-state index contributed by atoms with van der Waals surface area (Å²) < 4.78 is 27.3. The van der Waals surface area contributed by atoms with E-state index in [9.17, 15) is 19.5 Å². The fraction of sp³-hybridized carbons (Fsp3) is 0.194. The van der Waals surface area contributed by atoms with Crippen molar-refractivity contribution in [3.05, 3.63) is 96.5 Å². The molecule has 3 aromatic heterocycles. The minimum absolute atomic E-state index is 0.0141. The minimum atomic E-state index is -1.33. The van der Waals surface area contributed by atoms with Crippen molar-refractivity contribution in [2.45, 2.75) is 38.8 Å². The third-order valence-corrected chi connectivity index (χ3v) is 6.30. The fourth-order valence-electron chi connectivity index (χ4n) is 4.18. The lowest BCUT2D eigenvalue weighted by Crippen LogP contribution is -2.42. The van der Waals surface area contributed by atoms with Gasteiger partial charge in [-0.2, -0.15) is 4.98 Å². The number of pyridine rings is 1. The monoisotopic (exact) mass is 613 g/mol. The van der Waals surface area contributed by atoms with Gasteiger partial charge in [-0.3, -0.25) is 14.7 Å². The average Bonchev–Trinajstić information content (AvgIpc) is 3.70. The van der Waals surface area contributed by atoms with Crippen molar-refractivity contribution < 1.29 is 33.1 Å². The molecule has 230 valence electrons. The maximum atomic E-state index is 15.1. The molecule has 1 unspecified atom stereocenters. The molecule has 0 bridgehead atoms. The largest absolute Gasteiger partial charge is 0.480 e. The van der Waals surface area contributed by atoms with Crippen LogP contribution in [0.4, 0.5) is 14.9 Å². The molecule has 0 saturated heterocycles. The van der Waals surface area contributed by atoms with Gasteiger partial charge in [-0.15, -0.1) is 0 Å². The van der Waals surface area contributed by atoms with Gasteiger partial charge in [0.25, 0.3) is 11.8 Å². The number of anilines is 1. The van der Waals surface area contributed by atoms with Crippen molar-refractivity contribution in [1.29, 1.82) is 0 Å². The summed E-state index contributed by atoms with van der Waals surface area (Å²) in [4.78, 5) is 49.0. The smallest absolute Gasteiger partial charge is 0.412 e. The van der Waals surface area contributed by atoms with Gasteiger partial charge in [-0.05, 0) is 74.9 Å². The van der Waals surface area contributed by atoms with Gasteiger partial charge in [0.15, 0.2) is 0 Å². The fourth-order valence-corrected chi connectivity index (χ4v) is 4.18. The van der Waals surface area contributed by atoms with Crippen LogP contribution in [0.2, 0.25) is 0 Å². The van der Waals surface area contributed by atoms with Crippen molar-refractivity contribution in [3.8, 4) is 28.7 Å². The van der Waals surface area contributed by atoms with E-state index in [1.807, 2.05) is 0 Å². The van der Waals surface area contributed by atoms with E-state index in [0.717, 1.165) is 6.07 Å². The van der Waals surface area contributed by atoms with Gasteiger partial charge in [0.2, 0.25) is 5.82 Å². The first-order chi connectivity index (χ1) is 21.4. The molecule has 1 atom stereocenters. The van der Waals surface area contributed by atoms with Crippen LogP contribution >= 0.6 is 0 Å². The molecule has 13 nitrogen and oxygen atoms in total. The molecule has 0 aliphatic rings. The number of halogens is 1. The molecule has 5 aromatic rings. The Bertz CT molecular complexity index is 1810. The lowest BCUT2D eigenvalue weighted by molar-refractivity contribution is -0.139. The molecule has 3 heterocycles. The highest BCUT2D eigenvalue weighted by molar-refractivity contribution is 5.96. The van der Waals surface area contributed by atoms with Crippen molar-refractivity contribution in [3.63, 3.8) is 0 Å². The summed E-state index contributed by atoms with van der Waals surface area (Å²) >= 11 is 0. The van der Waals surface area contributed by atoms with E-state index >= 15 is 4.39 Å². The molecule has 0 radical (unpaired) electrons. The molecule has 45 heavy (non-hydrogen) atoms. The summed E-state index contributed by atoms with van der Waals surface area (Å²) in [6, 6.07) is 12.4. The van der Waals surface area contributed by atoms with Gasteiger partial charge in [0.1, 0.15) is 29.6 Å². The quantitative estimate of drug-likeness (QED) is 0.207. The number of hydrogen-bond acceptors (Lipinski definition) is 9. The second-order valence-electron chi connectivity index (χ2n) is 10.9. The second kappa shape index (κ2) is 12.8. The van der Waals surface area contributed by atoms with Gasteiger partial charge >= 0.3 is 12.1 Å². The number of imidazole rings is 1. The first-order valence-corrected chi connectivity index (χ1v) is 13.7. The minimum Gasteiger partial charge on any atom is -0.480 e. The molecule has 0 fully saturated rings. The van der Waals surface area contributed by atoms with E-state index in [0.29, 0.717) is 22.6 Å². The summed E-state index contributed by atoms with van der Waals surface area (Å²) in [5.74, 6) is -1.98. The van der Waals surface area contributed by atoms with Crippen LogP contribution in [0.25, 0.3) is 28.7 Å². The first-order valence-electron chi connectivity index (χ1n) is 13.7. The predicted molar refractivity (Wildman–Crippen MR) is 159 cm³/mol. The van der Waals surface area contributed by atoms with E-state index in [4.69, 9.17) is 9.26 Å². The summed E-state index contributed by atoms with van der Waals surface area (Å²) in [6.45, 7) is 5.28. The third kappa shape index (κ3) is 7.73. The highest BCUT2D eigenvalue weighted by Gasteiger charge is 2.23. The van der Waals surface area contributed by atoms with E-state index < -0.39 is 35.4 Å². The highest BCUT2D eigenvalue weighted by atomic mass is 19.1. The zero-order chi connectivity index (χ0) is 32.1. The van der Waals surface area contributed by atoms with Crippen LogP contribution in [0.15, 0.2) is 84.0 Å². The Hall–Kier alpha value is -5.92. The third-order valence-electron chi connectivity index (χ3n) is 6.30. The van der Waals surface area contributed by atoms with E-state index in [-0.39, 0.29) is 29.3 Å². The van der Waals surface area contributed by atoms with Gasteiger partial charge in [-0.25, -0.2) is 23.9 Å². The molecule has 14 heteroatoms. The summed E-state index contributed by atoms with van der Waals surface area (Å²) in [5, 5.41) is 18.7. The number of ether oxygens (including phenoxy) is 1. The van der Waals surface area contributed by atoms with Gasteiger partial charge in [0.05, 0.1) is 11.1 Å². The lowest BCUT2D eigenvalue weighted by Gasteiger charge is -2.19. The van der Waals surface area contributed by atoms with Crippen LogP contribution in [-0.4, -0.2) is 59.4 Å². The zero-order valence-corrected chi connectivity index (χ0v) is 24.4. The SMILES string of the molecule is CC(C)(C)OC(=O)Nc1ccc(-c2nc(-c3ccc(CC(NC(=O)c4ccc(-n5ccnc5)nc4)C(=O)O)cc3F)no2)cc1. The maximum Gasteiger partial charge on any atom is 0.412 e. The number of carboxylic acids is 1. The summed E-state index contributed by atoms with van der Waals surface area (Å²) in [7, 11) is 0. The topological polar surface area (TPSA) is 174 Å². The molecular formula is C31H28FN7O6. The number of carboxylic acid groups (broad SMARTS) is 1. The molecule has 0 aliphatic carbocycles. The molecule has 0 aliphatic heterocycles. The van der Waals surface area contributed by atoms with Crippen LogP contribution in [0.3, 0.4) is 0 Å². The number of nitrogens with zero attached hydrogens (tertiary/aromatic N) is 5. The van der Waals surface area contributed by atoms with Crippen molar-refractivity contribution >= 4 is 23.7 Å². The average molecular weight is 614 g/mol. The number of aliphatic carboxylic acids is 1.